The normalized spacial score (nSPS) is 11.0. The second-order valence-electron chi connectivity index (χ2n) is 2.82. The van der Waals surface area contributed by atoms with E-state index in [4.69, 9.17) is 9.47 Å². The standard InChI is InChI=1S/C9H20O2Si/c1-4-5-6-7-8-12-9(10-2)11-3/h9H,4-8H2,1-3H3. The zero-order valence-electron chi connectivity index (χ0n) is 8.43. The maximum atomic E-state index is 5.10. The summed E-state index contributed by atoms with van der Waals surface area (Å²) in [4.78, 5) is 0. The summed E-state index contributed by atoms with van der Waals surface area (Å²) in [6, 6.07) is 1.24. The number of methoxy groups -OCH3 is 2. The highest BCUT2D eigenvalue weighted by atomic mass is 28.2. The maximum Gasteiger partial charge on any atom is 0.136 e. The second-order valence-corrected chi connectivity index (χ2v) is 4.20. The van der Waals surface area contributed by atoms with E-state index in [1.54, 1.807) is 14.2 Å². The van der Waals surface area contributed by atoms with E-state index in [0.29, 0.717) is 0 Å². The quantitative estimate of drug-likeness (QED) is 0.330. The van der Waals surface area contributed by atoms with Gasteiger partial charge in [-0.25, -0.2) is 0 Å². The Bertz CT molecular complexity index is 84.6. The van der Waals surface area contributed by atoms with E-state index < -0.39 is 0 Å². The van der Waals surface area contributed by atoms with E-state index in [1.165, 1.54) is 31.7 Å². The minimum atomic E-state index is 0.0339. The minimum absolute atomic E-state index is 0.0339. The third-order valence-corrected chi connectivity index (χ3v) is 3.22. The van der Waals surface area contributed by atoms with Gasteiger partial charge in [0.1, 0.15) is 15.4 Å². The molecule has 0 N–H and O–H groups in total. The molecular formula is C9H20O2Si. The van der Waals surface area contributed by atoms with Crippen LogP contribution in [0.15, 0.2) is 0 Å². The molecule has 0 unspecified atom stereocenters. The Hall–Kier alpha value is 0.137. The summed E-state index contributed by atoms with van der Waals surface area (Å²) >= 11 is 0. The largest absolute Gasteiger partial charge is 0.360 e. The van der Waals surface area contributed by atoms with E-state index >= 15 is 0 Å². The fraction of sp³-hybridized carbons (Fsp3) is 1.00. The molecule has 0 saturated heterocycles. The van der Waals surface area contributed by atoms with Crippen molar-refractivity contribution in [3.8, 4) is 0 Å². The van der Waals surface area contributed by atoms with Crippen LogP contribution in [0.5, 0.6) is 0 Å². The van der Waals surface area contributed by atoms with Crippen LogP contribution in [0.1, 0.15) is 32.6 Å². The van der Waals surface area contributed by atoms with Crippen molar-refractivity contribution in [1.29, 1.82) is 0 Å². The zero-order chi connectivity index (χ0) is 9.23. The second kappa shape index (κ2) is 9.23. The van der Waals surface area contributed by atoms with Gasteiger partial charge < -0.3 is 9.47 Å². The van der Waals surface area contributed by atoms with Crippen LogP contribution in [-0.2, 0) is 9.47 Å². The number of hydrogen-bond donors (Lipinski definition) is 0. The highest BCUT2D eigenvalue weighted by molar-refractivity contribution is 6.36. The van der Waals surface area contributed by atoms with Crippen LogP contribution in [0.4, 0.5) is 0 Å². The Morgan fingerprint density at radius 1 is 1.08 bits per heavy atom. The number of ether oxygens (including phenoxy) is 2. The predicted octanol–water partition coefficient (Wildman–Crippen LogP) is 2.27. The third kappa shape index (κ3) is 6.82. The summed E-state index contributed by atoms with van der Waals surface area (Å²) in [6.07, 6.45) is 5.33. The topological polar surface area (TPSA) is 18.5 Å². The summed E-state index contributed by atoms with van der Waals surface area (Å²) in [5, 5.41) is 0. The first-order chi connectivity index (χ1) is 5.85. The lowest BCUT2D eigenvalue weighted by molar-refractivity contribution is -0.0441. The molecule has 0 aliphatic heterocycles. The first-order valence-electron chi connectivity index (χ1n) is 4.64. The summed E-state index contributed by atoms with van der Waals surface area (Å²) in [5.41, 5.74) is 0. The van der Waals surface area contributed by atoms with E-state index in [1.807, 2.05) is 0 Å². The molecule has 0 heterocycles. The van der Waals surface area contributed by atoms with Crippen LogP contribution in [-0.4, -0.2) is 29.7 Å². The molecule has 0 spiro atoms. The van der Waals surface area contributed by atoms with Crippen LogP contribution in [0.2, 0.25) is 6.04 Å². The van der Waals surface area contributed by atoms with Crippen molar-refractivity contribution in [2.24, 2.45) is 0 Å². The fourth-order valence-electron chi connectivity index (χ4n) is 1.03. The van der Waals surface area contributed by atoms with Crippen molar-refractivity contribution in [2.45, 2.75) is 44.6 Å². The first-order valence-corrected chi connectivity index (χ1v) is 5.92. The Morgan fingerprint density at radius 3 is 2.25 bits per heavy atom. The molecule has 0 aliphatic carbocycles. The van der Waals surface area contributed by atoms with Crippen LogP contribution >= 0.6 is 0 Å². The Balaban J connectivity index is 3.06. The van der Waals surface area contributed by atoms with E-state index in [9.17, 15) is 0 Å². The first kappa shape index (κ1) is 12.1. The summed E-state index contributed by atoms with van der Waals surface area (Å²) in [6.45, 7) is 2.23. The Morgan fingerprint density at radius 2 is 1.75 bits per heavy atom. The van der Waals surface area contributed by atoms with Crippen molar-refractivity contribution >= 4 is 9.52 Å². The molecule has 2 nitrogen and oxygen atoms in total. The lowest BCUT2D eigenvalue weighted by Gasteiger charge is -2.11. The van der Waals surface area contributed by atoms with Crippen molar-refractivity contribution in [2.75, 3.05) is 14.2 Å². The molecule has 0 aromatic heterocycles. The molecule has 0 amide bonds. The van der Waals surface area contributed by atoms with E-state index in [-0.39, 0.29) is 5.91 Å². The summed E-state index contributed by atoms with van der Waals surface area (Å²) in [7, 11) is 4.19. The minimum Gasteiger partial charge on any atom is -0.360 e. The highest BCUT2D eigenvalue weighted by Crippen LogP contribution is 2.04. The number of unbranched alkanes of at least 4 members (excludes halogenated alkanes) is 3. The lowest BCUT2D eigenvalue weighted by Crippen LogP contribution is -2.20. The van der Waals surface area contributed by atoms with E-state index in [2.05, 4.69) is 6.92 Å². The molecule has 0 atom stereocenters. The van der Waals surface area contributed by atoms with Gasteiger partial charge in [-0.15, -0.1) is 0 Å². The van der Waals surface area contributed by atoms with Crippen LogP contribution < -0.4 is 0 Å². The van der Waals surface area contributed by atoms with Gasteiger partial charge in [0.25, 0.3) is 0 Å². The molecule has 0 rings (SSSR count). The van der Waals surface area contributed by atoms with Crippen molar-refractivity contribution < 1.29 is 9.47 Å². The van der Waals surface area contributed by atoms with Gasteiger partial charge in [0.05, 0.1) is 0 Å². The predicted molar refractivity (Wildman–Crippen MR) is 52.5 cm³/mol. The maximum absolute atomic E-state index is 5.10. The molecule has 0 bridgehead atoms. The van der Waals surface area contributed by atoms with Gasteiger partial charge in [0.2, 0.25) is 0 Å². The monoisotopic (exact) mass is 188 g/mol. The smallest absolute Gasteiger partial charge is 0.136 e. The van der Waals surface area contributed by atoms with Crippen molar-refractivity contribution in [3.05, 3.63) is 0 Å². The van der Waals surface area contributed by atoms with Gasteiger partial charge in [-0.1, -0.05) is 38.7 Å². The van der Waals surface area contributed by atoms with E-state index in [0.717, 1.165) is 9.52 Å². The Labute approximate surface area is 78.5 Å². The molecule has 2 radical (unpaired) electrons. The van der Waals surface area contributed by atoms with Crippen LogP contribution in [0, 0.1) is 0 Å². The zero-order valence-corrected chi connectivity index (χ0v) is 9.43. The molecule has 0 aromatic carbocycles. The SMILES string of the molecule is CCCCCC[Si]C(OC)OC. The summed E-state index contributed by atoms with van der Waals surface area (Å²) < 4.78 is 10.2. The Kier molecular flexibility index (Phi) is 9.33. The third-order valence-electron chi connectivity index (χ3n) is 1.77. The summed E-state index contributed by atoms with van der Waals surface area (Å²) in [5.74, 6) is 0.0339. The number of rotatable bonds is 8. The van der Waals surface area contributed by atoms with Crippen LogP contribution in [0.3, 0.4) is 0 Å². The molecule has 3 heteroatoms. The molecule has 0 aromatic rings. The fourth-order valence-corrected chi connectivity index (χ4v) is 2.06. The number of hydrogen-bond acceptors (Lipinski definition) is 2. The van der Waals surface area contributed by atoms with Crippen molar-refractivity contribution in [3.63, 3.8) is 0 Å². The van der Waals surface area contributed by atoms with Gasteiger partial charge in [-0.3, -0.25) is 0 Å². The van der Waals surface area contributed by atoms with Crippen molar-refractivity contribution in [1.82, 2.24) is 0 Å². The molecule has 0 saturated carbocycles. The van der Waals surface area contributed by atoms with Gasteiger partial charge in [0, 0.05) is 14.2 Å². The molecule has 0 fully saturated rings. The average molecular weight is 188 g/mol. The van der Waals surface area contributed by atoms with Gasteiger partial charge >= 0.3 is 0 Å². The average Bonchev–Trinajstić information content (AvgIpc) is 2.11. The molecular weight excluding hydrogens is 168 g/mol. The molecule has 0 aliphatic rings. The van der Waals surface area contributed by atoms with Gasteiger partial charge in [0.15, 0.2) is 0 Å². The molecule has 12 heavy (non-hydrogen) atoms. The highest BCUT2D eigenvalue weighted by Gasteiger charge is 2.04. The van der Waals surface area contributed by atoms with Gasteiger partial charge in [-0.2, -0.15) is 0 Å². The van der Waals surface area contributed by atoms with Gasteiger partial charge in [-0.05, 0) is 0 Å². The lowest BCUT2D eigenvalue weighted by atomic mass is 10.2. The van der Waals surface area contributed by atoms with Crippen LogP contribution in [0.25, 0.3) is 0 Å². The molecule has 72 valence electrons.